The van der Waals surface area contributed by atoms with Gasteiger partial charge in [0.05, 0.1) is 0 Å². The molecule has 0 fully saturated rings. The quantitative estimate of drug-likeness (QED) is 0.455. The van der Waals surface area contributed by atoms with Gasteiger partial charge in [-0.3, -0.25) is 0 Å². The average molecular weight is 369 g/mol. The van der Waals surface area contributed by atoms with E-state index in [0.717, 1.165) is 0 Å². The summed E-state index contributed by atoms with van der Waals surface area (Å²) < 4.78 is 78.0. The molecule has 0 aliphatic carbocycles. The topological polar surface area (TPSA) is 0 Å². The fourth-order valence-corrected chi connectivity index (χ4v) is 0. The van der Waals surface area contributed by atoms with Crippen molar-refractivity contribution in [2.75, 3.05) is 0 Å². The zero-order valence-corrected chi connectivity index (χ0v) is 6.77. The Balaban J connectivity index is -0.000000107. The van der Waals surface area contributed by atoms with Crippen LogP contribution in [0.1, 0.15) is 0 Å². The molecule has 0 aromatic rings. The molecule has 0 aliphatic rings. The summed E-state index contributed by atoms with van der Waals surface area (Å²) in [5, 5.41) is 0. The van der Waals surface area contributed by atoms with Crippen LogP contribution < -0.4 is 0 Å². The molecule has 0 amide bonds. The number of halogens is 8. The van der Waals surface area contributed by atoms with E-state index in [2.05, 4.69) is 0 Å². The SMILES string of the molecule is F[B-](F)(F)F.F[B-](F)(F)F.[Pt+2]. The van der Waals surface area contributed by atoms with Crippen LogP contribution in [0.2, 0.25) is 0 Å². The van der Waals surface area contributed by atoms with E-state index in [-0.39, 0.29) is 21.1 Å². The first kappa shape index (κ1) is 17.4. The van der Waals surface area contributed by atoms with Gasteiger partial charge in [-0.2, -0.15) is 0 Å². The first-order valence-electron chi connectivity index (χ1n) is 1.75. The predicted molar refractivity (Wildman–Crippen MR) is 20.4 cm³/mol. The molecular formula is B2F8Pt. The van der Waals surface area contributed by atoms with E-state index in [1.807, 2.05) is 0 Å². The summed E-state index contributed by atoms with van der Waals surface area (Å²) in [4.78, 5) is 0. The Hall–Kier alpha value is 0.258. The third kappa shape index (κ3) is 10500. The van der Waals surface area contributed by atoms with E-state index < -0.39 is 14.5 Å². The van der Waals surface area contributed by atoms with E-state index in [1.165, 1.54) is 0 Å². The van der Waals surface area contributed by atoms with Gasteiger partial charge in [-0.05, 0) is 0 Å². The van der Waals surface area contributed by atoms with Gasteiger partial charge in [0.1, 0.15) is 0 Å². The van der Waals surface area contributed by atoms with Crippen molar-refractivity contribution in [3.63, 3.8) is 0 Å². The van der Waals surface area contributed by atoms with Crippen LogP contribution in [0, 0.1) is 0 Å². The van der Waals surface area contributed by atoms with Gasteiger partial charge in [-0.25, -0.2) is 0 Å². The number of rotatable bonds is 0. The van der Waals surface area contributed by atoms with Gasteiger partial charge in [0.2, 0.25) is 0 Å². The molecular weight excluding hydrogens is 369 g/mol. The van der Waals surface area contributed by atoms with E-state index in [0.29, 0.717) is 0 Å². The largest absolute Gasteiger partial charge is 2.00 e. The molecule has 0 heterocycles. The van der Waals surface area contributed by atoms with Gasteiger partial charge >= 0.3 is 35.6 Å². The molecule has 0 rings (SSSR count). The summed E-state index contributed by atoms with van der Waals surface area (Å²) in [7, 11) is -12.0. The molecule has 0 saturated carbocycles. The molecule has 0 aromatic carbocycles. The maximum Gasteiger partial charge on any atom is 2.00 e. The maximum absolute atomic E-state index is 9.75. The summed E-state index contributed by atoms with van der Waals surface area (Å²) in [5.41, 5.74) is 0. The van der Waals surface area contributed by atoms with Crippen molar-refractivity contribution < 1.29 is 55.6 Å². The normalized spacial score (nSPS) is 10.9. The molecule has 72 valence electrons. The first-order chi connectivity index (χ1) is 4.00. The van der Waals surface area contributed by atoms with Crippen molar-refractivity contribution >= 4 is 14.5 Å². The molecule has 0 aliphatic heterocycles. The summed E-state index contributed by atoms with van der Waals surface area (Å²) in [6, 6.07) is 0. The second-order valence-electron chi connectivity index (χ2n) is 0.990. The van der Waals surface area contributed by atoms with Gasteiger partial charge in [-0.15, -0.1) is 0 Å². The molecule has 0 saturated heterocycles. The van der Waals surface area contributed by atoms with Gasteiger partial charge in [0, 0.05) is 0 Å². The Morgan fingerprint density at radius 2 is 0.455 bits per heavy atom. The van der Waals surface area contributed by atoms with Crippen LogP contribution in [0.3, 0.4) is 0 Å². The minimum Gasteiger partial charge on any atom is -0.418 e. The molecule has 0 unspecified atom stereocenters. The fourth-order valence-electron chi connectivity index (χ4n) is 0. The van der Waals surface area contributed by atoms with Crippen molar-refractivity contribution in [3.05, 3.63) is 0 Å². The minimum absolute atomic E-state index is 0. The molecule has 0 radical (unpaired) electrons. The summed E-state index contributed by atoms with van der Waals surface area (Å²) in [5.74, 6) is 0. The molecule has 0 N–H and O–H groups in total. The van der Waals surface area contributed by atoms with Crippen LogP contribution in [-0.4, -0.2) is 14.5 Å². The zero-order valence-electron chi connectivity index (χ0n) is 4.49. The number of hydrogen-bond donors (Lipinski definition) is 0. The van der Waals surface area contributed by atoms with E-state index in [1.54, 1.807) is 0 Å². The molecule has 0 aromatic heterocycles. The Morgan fingerprint density at radius 1 is 0.455 bits per heavy atom. The van der Waals surface area contributed by atoms with E-state index >= 15 is 0 Å². The monoisotopic (exact) mass is 369 g/mol. The zero-order chi connectivity index (χ0) is 9.00. The first-order valence-corrected chi connectivity index (χ1v) is 1.75. The van der Waals surface area contributed by atoms with E-state index in [4.69, 9.17) is 0 Å². The molecule has 0 atom stereocenters. The third-order valence-electron chi connectivity index (χ3n) is 0. The standard InChI is InChI=1S/2BF4.Pt/c2*2-1(3,4)5;/q2*-1;+2. The van der Waals surface area contributed by atoms with E-state index in [9.17, 15) is 34.5 Å². The summed E-state index contributed by atoms with van der Waals surface area (Å²) in [6.45, 7) is 0. The Morgan fingerprint density at radius 3 is 0.455 bits per heavy atom. The minimum atomic E-state index is -6.00. The second kappa shape index (κ2) is 5.85. The van der Waals surface area contributed by atoms with Crippen LogP contribution in [0.25, 0.3) is 0 Å². The van der Waals surface area contributed by atoms with Gasteiger partial charge in [0.15, 0.2) is 0 Å². The van der Waals surface area contributed by atoms with Crippen molar-refractivity contribution in [1.82, 2.24) is 0 Å². The van der Waals surface area contributed by atoms with Crippen LogP contribution in [-0.2, 0) is 21.1 Å². The van der Waals surface area contributed by atoms with Gasteiger partial charge < -0.3 is 34.5 Å². The predicted octanol–water partition coefficient (Wildman–Crippen LogP) is 2.60. The Kier molecular flexibility index (Phi) is 9.24. The third-order valence-corrected chi connectivity index (χ3v) is 0. The van der Waals surface area contributed by atoms with Crippen molar-refractivity contribution in [2.24, 2.45) is 0 Å². The van der Waals surface area contributed by atoms with Crippen molar-refractivity contribution in [2.45, 2.75) is 0 Å². The van der Waals surface area contributed by atoms with Gasteiger partial charge in [0.25, 0.3) is 0 Å². The Bertz CT molecular complexity index is 55.1. The average Bonchev–Trinajstić information content (AvgIpc) is 1.12. The molecule has 0 spiro atoms. The van der Waals surface area contributed by atoms with Gasteiger partial charge in [-0.1, -0.05) is 0 Å². The molecule has 0 nitrogen and oxygen atoms in total. The van der Waals surface area contributed by atoms with Crippen LogP contribution in [0.15, 0.2) is 0 Å². The fraction of sp³-hybridized carbons (Fsp3) is 0. The maximum atomic E-state index is 9.75. The smallest absolute Gasteiger partial charge is 0.418 e. The molecule has 11 heteroatoms. The van der Waals surface area contributed by atoms with Crippen molar-refractivity contribution in [3.8, 4) is 0 Å². The van der Waals surface area contributed by atoms with Crippen LogP contribution in [0.5, 0.6) is 0 Å². The van der Waals surface area contributed by atoms with Crippen molar-refractivity contribution in [1.29, 1.82) is 0 Å². The van der Waals surface area contributed by atoms with Crippen LogP contribution >= 0.6 is 0 Å². The molecule has 11 heavy (non-hydrogen) atoms. The summed E-state index contributed by atoms with van der Waals surface area (Å²) >= 11 is 0. The summed E-state index contributed by atoms with van der Waals surface area (Å²) in [6.07, 6.45) is 0. The van der Waals surface area contributed by atoms with Crippen LogP contribution in [0.4, 0.5) is 34.5 Å². The molecule has 0 bridgehead atoms. The Labute approximate surface area is 70.8 Å². The second-order valence-corrected chi connectivity index (χ2v) is 0.990. The number of hydrogen-bond acceptors (Lipinski definition) is 0.